The van der Waals surface area contributed by atoms with Crippen LogP contribution in [-0.2, 0) is 4.79 Å². The molecule has 9 heteroatoms. The molecule has 1 saturated heterocycles. The van der Waals surface area contributed by atoms with Gasteiger partial charge < -0.3 is 9.80 Å². The van der Waals surface area contributed by atoms with Crippen molar-refractivity contribution in [3.63, 3.8) is 0 Å². The van der Waals surface area contributed by atoms with Gasteiger partial charge >= 0.3 is 5.69 Å². The fourth-order valence-electron chi connectivity index (χ4n) is 4.56. The smallest absolute Gasteiger partial charge is 0.350 e. The van der Waals surface area contributed by atoms with Gasteiger partial charge in [0.25, 0.3) is 0 Å². The van der Waals surface area contributed by atoms with Crippen molar-refractivity contribution < 1.29 is 9.18 Å². The summed E-state index contributed by atoms with van der Waals surface area (Å²) in [6.07, 6.45) is 2.28. The monoisotopic (exact) mass is 471 g/mol. The van der Waals surface area contributed by atoms with E-state index in [-0.39, 0.29) is 28.4 Å². The summed E-state index contributed by atoms with van der Waals surface area (Å²) in [5, 5.41) is 0.919. The molecule has 1 aliphatic rings. The summed E-state index contributed by atoms with van der Waals surface area (Å²) in [6.45, 7) is 7.59. The number of carbonyl (C=O) groups excluding carboxylic acids is 1. The van der Waals surface area contributed by atoms with Crippen LogP contribution in [-0.4, -0.2) is 51.5 Å². The molecule has 1 aromatic carbocycles. The van der Waals surface area contributed by atoms with E-state index in [1.807, 2.05) is 25.7 Å². The largest absolute Gasteiger partial charge is 0.351 e. The van der Waals surface area contributed by atoms with Gasteiger partial charge in [-0.1, -0.05) is 37.6 Å². The summed E-state index contributed by atoms with van der Waals surface area (Å²) in [6, 6.07) is 7.89. The maximum absolute atomic E-state index is 14.6. The maximum Gasteiger partial charge on any atom is 0.351 e. The van der Waals surface area contributed by atoms with Crippen molar-refractivity contribution in [2.24, 2.45) is 0 Å². The average molecular weight is 472 g/mol. The van der Waals surface area contributed by atoms with Crippen LogP contribution in [0.2, 0.25) is 5.02 Å². The van der Waals surface area contributed by atoms with Gasteiger partial charge in [0, 0.05) is 37.3 Å². The minimum absolute atomic E-state index is 0.0481. The third-order valence-electron chi connectivity index (χ3n) is 6.35. The Morgan fingerprint density at radius 2 is 1.94 bits per heavy atom. The zero-order valence-corrected chi connectivity index (χ0v) is 19.7. The van der Waals surface area contributed by atoms with Crippen LogP contribution in [0.4, 0.5) is 10.2 Å². The van der Waals surface area contributed by atoms with Crippen molar-refractivity contribution in [2.45, 2.75) is 45.7 Å². The van der Waals surface area contributed by atoms with Crippen LogP contribution >= 0.6 is 11.6 Å². The van der Waals surface area contributed by atoms with Gasteiger partial charge in [0.1, 0.15) is 17.3 Å². The molecule has 33 heavy (non-hydrogen) atoms. The number of benzene rings is 1. The number of piperazine rings is 1. The van der Waals surface area contributed by atoms with Gasteiger partial charge in [-0.2, -0.15) is 4.98 Å². The Balaban J connectivity index is 1.99. The second kappa shape index (κ2) is 9.47. The fourth-order valence-corrected chi connectivity index (χ4v) is 4.82. The lowest BCUT2D eigenvalue weighted by Crippen LogP contribution is -2.52. The number of hydrogen-bond acceptors (Lipinski definition) is 5. The van der Waals surface area contributed by atoms with Gasteiger partial charge in [0.15, 0.2) is 0 Å². The molecule has 0 spiro atoms. The highest BCUT2D eigenvalue weighted by atomic mass is 35.5. The predicted molar refractivity (Wildman–Crippen MR) is 128 cm³/mol. The lowest BCUT2D eigenvalue weighted by Gasteiger charge is -2.39. The van der Waals surface area contributed by atoms with Crippen LogP contribution in [0.5, 0.6) is 0 Å². The molecule has 4 rings (SSSR count). The molecule has 0 bridgehead atoms. The second-order valence-corrected chi connectivity index (χ2v) is 8.78. The molecule has 1 fully saturated rings. The molecule has 1 aliphatic heterocycles. The van der Waals surface area contributed by atoms with E-state index < -0.39 is 11.5 Å². The van der Waals surface area contributed by atoms with Gasteiger partial charge in [0.05, 0.1) is 16.1 Å². The molecule has 0 saturated carbocycles. The quantitative estimate of drug-likeness (QED) is 0.502. The van der Waals surface area contributed by atoms with E-state index in [2.05, 4.69) is 4.98 Å². The second-order valence-electron chi connectivity index (χ2n) is 8.37. The summed E-state index contributed by atoms with van der Waals surface area (Å²) in [4.78, 5) is 37.5. The van der Waals surface area contributed by atoms with Crippen molar-refractivity contribution in [3.05, 3.63) is 51.7 Å². The van der Waals surface area contributed by atoms with E-state index >= 15 is 0 Å². The summed E-state index contributed by atoms with van der Waals surface area (Å²) >= 11 is 6.62. The topological polar surface area (TPSA) is 71.3 Å². The fraction of sp³-hybridized carbons (Fsp3) is 0.417. The molecule has 0 radical (unpaired) electrons. The third-order valence-corrected chi connectivity index (χ3v) is 6.64. The van der Waals surface area contributed by atoms with Crippen LogP contribution in [0.25, 0.3) is 22.3 Å². The number of amides is 1. The van der Waals surface area contributed by atoms with Crippen molar-refractivity contribution in [3.8, 4) is 11.3 Å². The molecule has 3 heterocycles. The Bertz CT molecular complexity index is 1240. The summed E-state index contributed by atoms with van der Waals surface area (Å²) in [7, 11) is 0. The highest BCUT2D eigenvalue weighted by Crippen LogP contribution is 2.35. The molecular formula is C24H27ClFN5O2. The number of hydrogen-bond donors (Lipinski definition) is 0. The van der Waals surface area contributed by atoms with Gasteiger partial charge in [0.2, 0.25) is 6.41 Å². The zero-order valence-electron chi connectivity index (χ0n) is 19.0. The lowest BCUT2D eigenvalue weighted by molar-refractivity contribution is -0.118. The number of aromatic nitrogens is 3. The van der Waals surface area contributed by atoms with E-state index in [1.54, 1.807) is 33.7 Å². The van der Waals surface area contributed by atoms with Gasteiger partial charge in [-0.05, 0) is 38.0 Å². The first-order valence-corrected chi connectivity index (χ1v) is 11.6. The van der Waals surface area contributed by atoms with Crippen LogP contribution < -0.4 is 10.6 Å². The molecule has 174 valence electrons. The number of rotatable bonds is 6. The first-order valence-electron chi connectivity index (χ1n) is 11.2. The Kier molecular flexibility index (Phi) is 6.65. The number of halogens is 2. The molecule has 7 nitrogen and oxygen atoms in total. The normalized spacial score (nSPS) is 16.6. The summed E-state index contributed by atoms with van der Waals surface area (Å²) in [5.41, 5.74) is 0.605. The standard InChI is InChI=1S/C24H27ClFN5O2/c1-4-16(5-2)31-23-18(12-19(25)21(27-23)17-8-6-7-9-20(17)26)22(28-24(31)33)30-11-10-29(14-32)13-15(30)3/h6-9,12,14-16H,4-5,10-11,13H2,1-3H3. The molecule has 0 N–H and O–H groups in total. The molecule has 1 atom stereocenters. The van der Waals surface area contributed by atoms with Crippen LogP contribution in [0.15, 0.2) is 35.1 Å². The Morgan fingerprint density at radius 1 is 1.21 bits per heavy atom. The summed E-state index contributed by atoms with van der Waals surface area (Å²) in [5.74, 6) is 0.0558. The van der Waals surface area contributed by atoms with Crippen molar-refractivity contribution in [1.29, 1.82) is 0 Å². The van der Waals surface area contributed by atoms with Crippen LogP contribution in [0.1, 0.15) is 39.7 Å². The van der Waals surface area contributed by atoms with Gasteiger partial charge in [-0.15, -0.1) is 0 Å². The third kappa shape index (κ3) is 4.19. The number of carbonyl (C=O) groups is 1. The van der Waals surface area contributed by atoms with Crippen molar-refractivity contribution in [2.75, 3.05) is 24.5 Å². The zero-order chi connectivity index (χ0) is 23.7. The number of nitrogens with zero attached hydrogens (tertiary/aromatic N) is 5. The number of anilines is 1. The van der Waals surface area contributed by atoms with E-state index in [0.29, 0.717) is 36.5 Å². The van der Waals surface area contributed by atoms with Crippen LogP contribution in [0.3, 0.4) is 0 Å². The predicted octanol–water partition coefficient (Wildman–Crippen LogP) is 4.28. The molecular weight excluding hydrogens is 445 g/mol. The minimum Gasteiger partial charge on any atom is -0.350 e. The molecule has 1 amide bonds. The van der Waals surface area contributed by atoms with E-state index in [9.17, 15) is 14.0 Å². The molecule has 2 aromatic heterocycles. The summed E-state index contributed by atoms with van der Waals surface area (Å²) < 4.78 is 16.2. The minimum atomic E-state index is -0.435. The SMILES string of the molecule is CCC(CC)n1c(=O)nc(N2CCN(C=O)CC2C)c2cc(Cl)c(-c3ccccc3F)nc21. The van der Waals surface area contributed by atoms with Gasteiger partial charge in [-0.25, -0.2) is 14.2 Å². The number of fused-ring (bicyclic) bond motifs is 1. The first kappa shape index (κ1) is 23.2. The lowest BCUT2D eigenvalue weighted by atomic mass is 10.1. The Labute approximate surface area is 196 Å². The first-order chi connectivity index (χ1) is 15.9. The van der Waals surface area contributed by atoms with Crippen LogP contribution in [0, 0.1) is 5.82 Å². The van der Waals surface area contributed by atoms with Crippen molar-refractivity contribution >= 4 is 34.9 Å². The molecule has 0 aliphatic carbocycles. The number of pyridine rings is 1. The Morgan fingerprint density at radius 3 is 2.58 bits per heavy atom. The molecule has 3 aromatic rings. The maximum atomic E-state index is 14.6. The average Bonchev–Trinajstić information content (AvgIpc) is 2.81. The highest BCUT2D eigenvalue weighted by molar-refractivity contribution is 6.33. The van der Waals surface area contributed by atoms with Crippen molar-refractivity contribution in [1.82, 2.24) is 19.4 Å². The van der Waals surface area contributed by atoms with E-state index in [0.717, 1.165) is 19.3 Å². The molecule has 1 unspecified atom stereocenters. The van der Waals surface area contributed by atoms with E-state index in [4.69, 9.17) is 16.6 Å². The highest BCUT2D eigenvalue weighted by Gasteiger charge is 2.28. The van der Waals surface area contributed by atoms with E-state index in [1.165, 1.54) is 6.07 Å². The Hall–Kier alpha value is -3.00. The van der Waals surface area contributed by atoms with Gasteiger partial charge in [-0.3, -0.25) is 9.36 Å².